The third kappa shape index (κ3) is 6.56. The highest BCUT2D eigenvalue weighted by molar-refractivity contribution is 6.33. The molecule has 2 aromatic rings. The lowest BCUT2D eigenvalue weighted by molar-refractivity contribution is -0.122. The van der Waals surface area contributed by atoms with Gasteiger partial charge < -0.3 is 20.0 Å². The fraction of sp³-hybridized carbons (Fsp3) is 0.533. The number of piperidine rings is 1. The Morgan fingerprint density at radius 1 is 0.895 bits per heavy atom. The standard InChI is InChI=1S/C30H38ClFN4O2/c31-25-10-7-11-26(32)29(25)30(38)36-20-23-18-35(19-24(23)21-36)16-12-27(22-8-3-1-4-9-22)33-28(37)13-17-34-14-5-2-6-15-34/h1,3-4,7-11,23-24,27H,2,5-6,12-21H2,(H,33,37)/t23?,24?,27-/m0/s1. The second kappa shape index (κ2) is 12.6. The van der Waals surface area contributed by atoms with Gasteiger partial charge in [-0.05, 0) is 61.9 Å². The third-order valence-electron chi connectivity index (χ3n) is 8.40. The minimum absolute atomic E-state index is 0.0206. The number of amides is 2. The maximum absolute atomic E-state index is 14.3. The van der Waals surface area contributed by atoms with Crippen LogP contribution in [0, 0.1) is 17.7 Å². The summed E-state index contributed by atoms with van der Waals surface area (Å²) in [5, 5.41) is 3.47. The number of rotatable bonds is 9. The normalized spacial score (nSPS) is 22.8. The zero-order valence-electron chi connectivity index (χ0n) is 22.0. The van der Waals surface area contributed by atoms with Crippen LogP contribution in [0.2, 0.25) is 5.02 Å². The molecule has 2 amide bonds. The summed E-state index contributed by atoms with van der Waals surface area (Å²) in [4.78, 5) is 32.4. The van der Waals surface area contributed by atoms with Crippen molar-refractivity contribution in [2.75, 3.05) is 52.4 Å². The number of hydrogen-bond acceptors (Lipinski definition) is 4. The quantitative estimate of drug-likeness (QED) is 0.505. The highest BCUT2D eigenvalue weighted by Crippen LogP contribution is 2.33. The Morgan fingerprint density at radius 2 is 1.61 bits per heavy atom. The monoisotopic (exact) mass is 540 g/mol. The van der Waals surface area contributed by atoms with E-state index in [0.29, 0.717) is 31.3 Å². The Morgan fingerprint density at radius 3 is 2.29 bits per heavy atom. The van der Waals surface area contributed by atoms with Crippen molar-refractivity contribution in [3.05, 3.63) is 70.5 Å². The van der Waals surface area contributed by atoms with Gasteiger partial charge in [0.15, 0.2) is 0 Å². The van der Waals surface area contributed by atoms with E-state index >= 15 is 0 Å². The number of halogens is 2. The Labute approximate surface area is 230 Å². The van der Waals surface area contributed by atoms with Crippen LogP contribution in [-0.4, -0.2) is 78.9 Å². The van der Waals surface area contributed by atoms with Crippen LogP contribution in [0.15, 0.2) is 48.5 Å². The van der Waals surface area contributed by atoms with Gasteiger partial charge in [-0.25, -0.2) is 4.39 Å². The maximum atomic E-state index is 14.3. The molecule has 0 aliphatic carbocycles. The van der Waals surface area contributed by atoms with E-state index in [9.17, 15) is 14.0 Å². The highest BCUT2D eigenvalue weighted by atomic mass is 35.5. The van der Waals surface area contributed by atoms with E-state index in [1.807, 2.05) is 18.2 Å². The van der Waals surface area contributed by atoms with E-state index < -0.39 is 5.82 Å². The van der Waals surface area contributed by atoms with Gasteiger partial charge in [0, 0.05) is 45.7 Å². The minimum Gasteiger partial charge on any atom is -0.349 e. The zero-order chi connectivity index (χ0) is 26.5. The lowest BCUT2D eigenvalue weighted by atomic mass is 10.0. The molecule has 8 heteroatoms. The van der Waals surface area contributed by atoms with Crippen molar-refractivity contribution in [3.8, 4) is 0 Å². The van der Waals surface area contributed by atoms with E-state index in [0.717, 1.165) is 51.3 Å². The van der Waals surface area contributed by atoms with Crippen molar-refractivity contribution in [2.45, 2.75) is 38.1 Å². The third-order valence-corrected chi connectivity index (χ3v) is 8.72. The van der Waals surface area contributed by atoms with Crippen molar-refractivity contribution in [3.63, 3.8) is 0 Å². The van der Waals surface area contributed by atoms with Gasteiger partial charge in [-0.1, -0.05) is 54.4 Å². The molecule has 0 saturated carbocycles. The fourth-order valence-electron chi connectivity index (χ4n) is 6.33. The SMILES string of the molecule is O=C(CCN1CCCCC1)N[C@@H](CCN1CC2CN(C(=O)c3c(F)cccc3Cl)CC2C1)c1ccccc1. The van der Waals surface area contributed by atoms with Crippen molar-refractivity contribution < 1.29 is 14.0 Å². The Balaban J connectivity index is 1.13. The average molecular weight is 541 g/mol. The van der Waals surface area contributed by atoms with E-state index in [-0.39, 0.29) is 28.4 Å². The Kier molecular flexibility index (Phi) is 8.97. The predicted octanol–water partition coefficient (Wildman–Crippen LogP) is 4.61. The molecule has 0 aromatic heterocycles. The number of carbonyl (C=O) groups is 2. The van der Waals surface area contributed by atoms with Crippen LogP contribution < -0.4 is 5.32 Å². The van der Waals surface area contributed by atoms with Crippen LogP contribution in [0.1, 0.15) is 54.1 Å². The van der Waals surface area contributed by atoms with E-state index in [2.05, 4.69) is 27.2 Å². The van der Waals surface area contributed by atoms with Crippen molar-refractivity contribution in [1.82, 2.24) is 20.0 Å². The average Bonchev–Trinajstić information content (AvgIpc) is 3.50. The molecule has 0 spiro atoms. The largest absolute Gasteiger partial charge is 0.349 e. The number of hydrogen-bond donors (Lipinski definition) is 1. The summed E-state index contributed by atoms with van der Waals surface area (Å²) in [5.74, 6) is -0.0159. The first-order valence-corrected chi connectivity index (χ1v) is 14.4. The molecule has 6 nitrogen and oxygen atoms in total. The summed E-state index contributed by atoms with van der Waals surface area (Å²) >= 11 is 6.14. The maximum Gasteiger partial charge on any atom is 0.258 e. The second-order valence-corrected chi connectivity index (χ2v) is 11.5. The number of likely N-dealkylation sites (tertiary alicyclic amines) is 3. The number of fused-ring (bicyclic) bond motifs is 1. The number of benzene rings is 2. The molecule has 3 aliphatic heterocycles. The summed E-state index contributed by atoms with van der Waals surface area (Å²) in [6, 6.07) is 14.6. The molecule has 3 fully saturated rings. The first kappa shape index (κ1) is 27.1. The van der Waals surface area contributed by atoms with E-state index in [1.54, 1.807) is 11.0 Å². The van der Waals surface area contributed by atoms with Crippen LogP contribution in [0.5, 0.6) is 0 Å². The topological polar surface area (TPSA) is 55.9 Å². The van der Waals surface area contributed by atoms with Gasteiger partial charge in [0.05, 0.1) is 16.6 Å². The van der Waals surface area contributed by atoms with E-state index in [4.69, 9.17) is 11.6 Å². The van der Waals surface area contributed by atoms with Crippen LogP contribution >= 0.6 is 11.6 Å². The van der Waals surface area contributed by atoms with Gasteiger partial charge in [-0.15, -0.1) is 0 Å². The molecule has 2 unspecified atom stereocenters. The molecule has 3 saturated heterocycles. The van der Waals surface area contributed by atoms with Crippen LogP contribution in [-0.2, 0) is 4.79 Å². The van der Waals surface area contributed by atoms with Gasteiger partial charge >= 0.3 is 0 Å². The van der Waals surface area contributed by atoms with Gasteiger partial charge in [0.1, 0.15) is 5.82 Å². The number of carbonyl (C=O) groups excluding carboxylic acids is 2. The molecule has 3 heterocycles. The summed E-state index contributed by atoms with van der Waals surface area (Å²) in [7, 11) is 0. The van der Waals surface area contributed by atoms with Gasteiger partial charge in [0.2, 0.25) is 5.91 Å². The first-order chi connectivity index (χ1) is 18.5. The zero-order valence-corrected chi connectivity index (χ0v) is 22.7. The predicted molar refractivity (Wildman–Crippen MR) is 148 cm³/mol. The summed E-state index contributed by atoms with van der Waals surface area (Å²) in [6.07, 6.45) is 5.13. The molecule has 2 aromatic carbocycles. The van der Waals surface area contributed by atoms with Crippen molar-refractivity contribution in [2.24, 2.45) is 11.8 Å². The number of nitrogens with one attached hydrogen (secondary N) is 1. The Hall–Kier alpha value is -2.48. The summed E-state index contributed by atoms with van der Waals surface area (Å²) in [5.41, 5.74) is 1.12. The van der Waals surface area contributed by atoms with Crippen molar-refractivity contribution >= 4 is 23.4 Å². The molecule has 3 atom stereocenters. The van der Waals surface area contributed by atoms with Gasteiger partial charge in [0.25, 0.3) is 5.91 Å². The molecule has 0 radical (unpaired) electrons. The van der Waals surface area contributed by atoms with Crippen LogP contribution in [0.25, 0.3) is 0 Å². The van der Waals surface area contributed by atoms with Gasteiger partial charge in [-0.2, -0.15) is 0 Å². The fourth-order valence-corrected chi connectivity index (χ4v) is 6.57. The minimum atomic E-state index is -0.564. The molecule has 204 valence electrons. The summed E-state index contributed by atoms with van der Waals surface area (Å²) < 4.78 is 14.3. The molecule has 0 bridgehead atoms. The second-order valence-electron chi connectivity index (χ2n) is 11.1. The molecule has 1 N–H and O–H groups in total. The molecular weight excluding hydrogens is 503 g/mol. The van der Waals surface area contributed by atoms with Crippen LogP contribution in [0.3, 0.4) is 0 Å². The lowest BCUT2D eigenvalue weighted by Crippen LogP contribution is -2.37. The Bertz CT molecular complexity index is 1080. The molecule has 3 aliphatic rings. The number of nitrogens with zero attached hydrogens (tertiary/aromatic N) is 3. The lowest BCUT2D eigenvalue weighted by Gasteiger charge is -2.27. The molecular formula is C30H38ClFN4O2. The highest BCUT2D eigenvalue weighted by Gasteiger charge is 2.42. The first-order valence-electron chi connectivity index (χ1n) is 14.0. The van der Waals surface area contributed by atoms with Gasteiger partial charge in [-0.3, -0.25) is 9.59 Å². The van der Waals surface area contributed by atoms with Crippen LogP contribution in [0.4, 0.5) is 4.39 Å². The molecule has 5 rings (SSSR count). The summed E-state index contributed by atoms with van der Waals surface area (Å²) in [6.45, 7) is 6.97. The van der Waals surface area contributed by atoms with E-state index in [1.165, 1.54) is 31.4 Å². The smallest absolute Gasteiger partial charge is 0.258 e. The van der Waals surface area contributed by atoms with Crippen molar-refractivity contribution in [1.29, 1.82) is 0 Å². The molecule has 38 heavy (non-hydrogen) atoms.